The Morgan fingerprint density at radius 3 is 2.12 bits per heavy atom. The van der Waals surface area contributed by atoms with Gasteiger partial charge in [-0.1, -0.05) is 18.2 Å². The van der Waals surface area contributed by atoms with Crippen LogP contribution < -0.4 is 0 Å². The van der Waals surface area contributed by atoms with Crippen molar-refractivity contribution in [2.24, 2.45) is 0 Å². The van der Waals surface area contributed by atoms with E-state index in [1.165, 1.54) is 18.2 Å². The van der Waals surface area contributed by atoms with E-state index in [1.807, 2.05) is 0 Å². The minimum atomic E-state index is -0.275. The normalized spacial score (nSPS) is 10.4. The van der Waals surface area contributed by atoms with Crippen LogP contribution in [-0.2, 0) is 6.42 Å². The Balaban J connectivity index is 2.20. The number of hydrogen-bond donors (Lipinski definition) is 0. The van der Waals surface area contributed by atoms with E-state index < -0.39 is 0 Å². The number of halogens is 3. The van der Waals surface area contributed by atoms with Crippen molar-refractivity contribution in [1.29, 1.82) is 0 Å². The lowest BCUT2D eigenvalue weighted by Crippen LogP contribution is -1.89. The molecule has 0 N–H and O–H groups in total. The highest BCUT2D eigenvalue weighted by molar-refractivity contribution is 9.10. The van der Waals surface area contributed by atoms with Gasteiger partial charge in [0.05, 0.1) is 4.47 Å². The first-order valence-electron chi connectivity index (χ1n) is 4.83. The first-order chi connectivity index (χ1) is 7.65. The summed E-state index contributed by atoms with van der Waals surface area (Å²) in [4.78, 5) is 0. The Hall–Kier alpha value is -1.22. The highest BCUT2D eigenvalue weighted by Crippen LogP contribution is 2.19. The molecule has 0 unspecified atom stereocenters. The van der Waals surface area contributed by atoms with Gasteiger partial charge in [0.1, 0.15) is 11.6 Å². The summed E-state index contributed by atoms with van der Waals surface area (Å²) < 4.78 is 26.1. The van der Waals surface area contributed by atoms with Crippen LogP contribution in [0.1, 0.15) is 11.1 Å². The van der Waals surface area contributed by atoms with Gasteiger partial charge in [-0.3, -0.25) is 0 Å². The molecule has 3 heteroatoms. The van der Waals surface area contributed by atoms with Crippen molar-refractivity contribution < 1.29 is 8.78 Å². The molecule has 0 saturated heterocycles. The van der Waals surface area contributed by atoms with Gasteiger partial charge in [-0.05, 0) is 57.7 Å². The van der Waals surface area contributed by atoms with Crippen molar-refractivity contribution in [3.05, 3.63) is 69.7 Å². The van der Waals surface area contributed by atoms with Gasteiger partial charge in [0.15, 0.2) is 0 Å². The van der Waals surface area contributed by atoms with Crippen LogP contribution in [-0.4, -0.2) is 0 Å². The van der Waals surface area contributed by atoms with Gasteiger partial charge in [0, 0.05) is 0 Å². The molecular weight excluding hydrogens is 274 g/mol. The summed E-state index contributed by atoms with van der Waals surface area (Å²) in [6.45, 7) is 0. The van der Waals surface area contributed by atoms with Crippen LogP contribution >= 0.6 is 15.9 Å². The average molecular weight is 283 g/mol. The van der Waals surface area contributed by atoms with Gasteiger partial charge < -0.3 is 0 Å². The quantitative estimate of drug-likeness (QED) is 0.770. The molecule has 0 nitrogen and oxygen atoms in total. The van der Waals surface area contributed by atoms with Gasteiger partial charge in [-0.2, -0.15) is 0 Å². The van der Waals surface area contributed by atoms with Crippen LogP contribution in [0.3, 0.4) is 0 Å². The van der Waals surface area contributed by atoms with Crippen LogP contribution in [0.25, 0.3) is 0 Å². The molecule has 0 fully saturated rings. The van der Waals surface area contributed by atoms with E-state index in [0.717, 1.165) is 11.1 Å². The van der Waals surface area contributed by atoms with Crippen LogP contribution in [0, 0.1) is 11.6 Å². The smallest absolute Gasteiger partial charge is 0.137 e. The molecule has 0 bridgehead atoms. The predicted molar refractivity (Wildman–Crippen MR) is 63.3 cm³/mol. The molecule has 2 aromatic carbocycles. The highest BCUT2D eigenvalue weighted by atomic mass is 79.9. The van der Waals surface area contributed by atoms with Gasteiger partial charge in [-0.15, -0.1) is 0 Å². The molecular formula is C13H9BrF2. The number of benzene rings is 2. The first kappa shape index (κ1) is 11.3. The van der Waals surface area contributed by atoms with Crippen molar-refractivity contribution in [2.75, 3.05) is 0 Å². The monoisotopic (exact) mass is 282 g/mol. The van der Waals surface area contributed by atoms with E-state index in [-0.39, 0.29) is 11.6 Å². The molecule has 0 radical (unpaired) electrons. The summed E-state index contributed by atoms with van der Waals surface area (Å²) in [5.41, 5.74) is 1.99. The Labute approximate surface area is 101 Å². The molecule has 2 aromatic rings. The zero-order chi connectivity index (χ0) is 11.5. The second kappa shape index (κ2) is 4.74. The van der Waals surface area contributed by atoms with Gasteiger partial charge in [-0.25, -0.2) is 8.78 Å². The van der Waals surface area contributed by atoms with Crippen molar-refractivity contribution in [3.63, 3.8) is 0 Å². The standard InChI is InChI=1S/C13H9BrF2/c14-12-8-10(3-6-13(12)16)7-9-1-4-11(15)5-2-9/h1-6,8H,7H2. The molecule has 0 spiro atoms. The molecule has 2 rings (SSSR count). The predicted octanol–water partition coefficient (Wildman–Crippen LogP) is 4.32. The van der Waals surface area contributed by atoms with Crippen LogP contribution in [0.2, 0.25) is 0 Å². The Morgan fingerprint density at radius 2 is 1.50 bits per heavy atom. The molecule has 0 atom stereocenters. The molecule has 0 heterocycles. The Bertz CT molecular complexity index is 492. The maximum atomic E-state index is 13.0. The Morgan fingerprint density at radius 1 is 0.875 bits per heavy atom. The topological polar surface area (TPSA) is 0 Å². The van der Waals surface area contributed by atoms with Gasteiger partial charge >= 0.3 is 0 Å². The maximum absolute atomic E-state index is 13.0. The lowest BCUT2D eigenvalue weighted by atomic mass is 10.1. The van der Waals surface area contributed by atoms with E-state index in [2.05, 4.69) is 15.9 Å². The van der Waals surface area contributed by atoms with Crippen molar-refractivity contribution >= 4 is 15.9 Å². The molecule has 0 saturated carbocycles. The second-order valence-corrected chi connectivity index (χ2v) is 4.41. The highest BCUT2D eigenvalue weighted by Gasteiger charge is 2.01. The lowest BCUT2D eigenvalue weighted by Gasteiger charge is -2.03. The average Bonchev–Trinajstić information content (AvgIpc) is 2.27. The van der Waals surface area contributed by atoms with Crippen molar-refractivity contribution in [3.8, 4) is 0 Å². The van der Waals surface area contributed by atoms with E-state index in [0.29, 0.717) is 10.9 Å². The van der Waals surface area contributed by atoms with Crippen molar-refractivity contribution in [2.45, 2.75) is 6.42 Å². The minimum Gasteiger partial charge on any atom is -0.207 e. The maximum Gasteiger partial charge on any atom is 0.137 e. The molecule has 0 aliphatic rings. The third-order valence-corrected chi connectivity index (χ3v) is 2.91. The minimum absolute atomic E-state index is 0.246. The van der Waals surface area contributed by atoms with E-state index in [1.54, 1.807) is 24.3 Å². The van der Waals surface area contributed by atoms with Gasteiger partial charge in [0.25, 0.3) is 0 Å². The van der Waals surface area contributed by atoms with Crippen LogP contribution in [0.15, 0.2) is 46.9 Å². The second-order valence-electron chi connectivity index (χ2n) is 3.55. The van der Waals surface area contributed by atoms with Crippen LogP contribution in [0.5, 0.6) is 0 Å². The number of rotatable bonds is 2. The fourth-order valence-corrected chi connectivity index (χ4v) is 1.91. The molecule has 0 aromatic heterocycles. The largest absolute Gasteiger partial charge is 0.207 e. The van der Waals surface area contributed by atoms with E-state index in [4.69, 9.17) is 0 Å². The zero-order valence-corrected chi connectivity index (χ0v) is 9.97. The fraction of sp³-hybridized carbons (Fsp3) is 0.0769. The fourth-order valence-electron chi connectivity index (χ4n) is 1.49. The third kappa shape index (κ3) is 2.67. The first-order valence-corrected chi connectivity index (χ1v) is 5.63. The summed E-state index contributed by atoms with van der Waals surface area (Å²) in [5, 5.41) is 0. The zero-order valence-electron chi connectivity index (χ0n) is 8.38. The molecule has 82 valence electrons. The molecule has 0 aliphatic heterocycles. The summed E-state index contributed by atoms with van der Waals surface area (Å²) in [6.07, 6.45) is 0.666. The third-order valence-electron chi connectivity index (χ3n) is 2.31. The summed E-state index contributed by atoms with van der Waals surface area (Å²) in [7, 11) is 0. The summed E-state index contributed by atoms with van der Waals surface area (Å²) in [6, 6.07) is 11.2. The summed E-state index contributed by atoms with van der Waals surface area (Å²) in [5.74, 6) is -0.521. The molecule has 0 amide bonds. The summed E-state index contributed by atoms with van der Waals surface area (Å²) >= 11 is 3.14. The van der Waals surface area contributed by atoms with E-state index in [9.17, 15) is 8.78 Å². The van der Waals surface area contributed by atoms with Crippen LogP contribution in [0.4, 0.5) is 8.78 Å². The molecule has 16 heavy (non-hydrogen) atoms. The van der Waals surface area contributed by atoms with E-state index >= 15 is 0 Å². The van der Waals surface area contributed by atoms with Crippen molar-refractivity contribution in [1.82, 2.24) is 0 Å². The lowest BCUT2D eigenvalue weighted by molar-refractivity contribution is 0.620. The SMILES string of the molecule is Fc1ccc(Cc2ccc(F)c(Br)c2)cc1. The van der Waals surface area contributed by atoms with Gasteiger partial charge in [0.2, 0.25) is 0 Å². The Kier molecular flexibility index (Phi) is 3.34. The number of hydrogen-bond acceptors (Lipinski definition) is 0. The molecule has 0 aliphatic carbocycles.